The lowest BCUT2D eigenvalue weighted by Crippen LogP contribution is -2.26. The zero-order valence-electron chi connectivity index (χ0n) is 9.55. The third-order valence-corrected chi connectivity index (χ3v) is 3.33. The lowest BCUT2D eigenvalue weighted by atomic mass is 10.1. The van der Waals surface area contributed by atoms with Crippen molar-refractivity contribution < 1.29 is 14.3 Å². The first-order valence-corrected chi connectivity index (χ1v) is 6.14. The third kappa shape index (κ3) is 2.65. The highest BCUT2D eigenvalue weighted by Crippen LogP contribution is 2.20. The van der Waals surface area contributed by atoms with Crippen molar-refractivity contribution in [1.82, 2.24) is 10.3 Å². The van der Waals surface area contributed by atoms with E-state index in [2.05, 4.69) is 10.3 Å². The molecular weight excluding hydrogens is 255 g/mol. The summed E-state index contributed by atoms with van der Waals surface area (Å²) in [5, 5.41) is 14.7. The number of hydrogen-bond acceptors (Lipinski definition) is 4. The van der Waals surface area contributed by atoms with Crippen molar-refractivity contribution in [2.75, 3.05) is 0 Å². The van der Waals surface area contributed by atoms with Gasteiger partial charge in [0.25, 0.3) is 5.91 Å². The van der Waals surface area contributed by atoms with Crippen LogP contribution < -0.4 is 5.32 Å². The van der Waals surface area contributed by atoms with Crippen LogP contribution in [0.2, 0.25) is 0 Å². The predicted octanol–water partition coefficient (Wildman–Crippen LogP) is 2.48. The maximum Gasteiger partial charge on any atom is 0.255 e. The summed E-state index contributed by atoms with van der Waals surface area (Å²) in [7, 11) is 0. The molecule has 2 N–H and O–H groups in total. The zero-order chi connectivity index (χ0) is 13.1. The van der Waals surface area contributed by atoms with Crippen LogP contribution in [0.15, 0.2) is 29.8 Å². The smallest absolute Gasteiger partial charge is 0.255 e. The van der Waals surface area contributed by atoms with Crippen LogP contribution in [0.5, 0.6) is 5.75 Å². The topological polar surface area (TPSA) is 62.2 Å². The Morgan fingerprint density at radius 1 is 1.56 bits per heavy atom. The molecule has 1 aromatic carbocycles. The van der Waals surface area contributed by atoms with Crippen molar-refractivity contribution in [3.8, 4) is 5.75 Å². The monoisotopic (exact) mass is 266 g/mol. The van der Waals surface area contributed by atoms with Gasteiger partial charge in [-0.15, -0.1) is 11.3 Å². The number of aromatic nitrogens is 1. The Hall–Kier alpha value is -1.95. The van der Waals surface area contributed by atoms with Crippen molar-refractivity contribution in [1.29, 1.82) is 0 Å². The second-order valence-electron chi connectivity index (χ2n) is 3.73. The number of carbonyl (C=O) groups is 1. The molecule has 0 bridgehead atoms. The Balaban J connectivity index is 2.15. The molecule has 0 spiro atoms. The molecule has 0 aliphatic rings. The highest BCUT2D eigenvalue weighted by Gasteiger charge is 2.16. The molecule has 1 amide bonds. The molecule has 0 saturated heterocycles. The highest BCUT2D eigenvalue weighted by atomic mass is 32.1. The molecular formula is C12H11FN2O2S. The zero-order valence-corrected chi connectivity index (χ0v) is 10.4. The van der Waals surface area contributed by atoms with E-state index in [1.54, 1.807) is 18.5 Å². The van der Waals surface area contributed by atoms with E-state index in [0.29, 0.717) is 0 Å². The van der Waals surface area contributed by atoms with E-state index in [1.165, 1.54) is 11.3 Å². The number of carbonyl (C=O) groups excluding carboxylic acids is 1. The molecule has 1 heterocycles. The molecule has 94 valence electrons. The average molecular weight is 266 g/mol. The second-order valence-corrected chi connectivity index (χ2v) is 4.65. The van der Waals surface area contributed by atoms with Gasteiger partial charge in [-0.1, -0.05) is 0 Å². The number of benzene rings is 1. The molecule has 0 fully saturated rings. The van der Waals surface area contributed by atoms with Gasteiger partial charge in [-0.2, -0.15) is 0 Å². The Morgan fingerprint density at radius 2 is 2.33 bits per heavy atom. The van der Waals surface area contributed by atoms with Gasteiger partial charge < -0.3 is 10.4 Å². The quantitative estimate of drug-likeness (QED) is 0.897. The molecule has 18 heavy (non-hydrogen) atoms. The number of rotatable bonds is 3. The molecule has 4 nitrogen and oxygen atoms in total. The van der Waals surface area contributed by atoms with E-state index in [1.807, 2.05) is 0 Å². The SMILES string of the molecule is CC(NC(=O)c1cc(F)ccc1O)c1nccs1. The number of phenolic OH excluding ortho intramolecular Hbond substituents is 1. The Kier molecular flexibility index (Phi) is 3.57. The van der Waals surface area contributed by atoms with Crippen molar-refractivity contribution in [2.45, 2.75) is 13.0 Å². The highest BCUT2D eigenvalue weighted by molar-refractivity contribution is 7.09. The fraction of sp³-hybridized carbons (Fsp3) is 0.167. The van der Waals surface area contributed by atoms with Gasteiger partial charge in [-0.25, -0.2) is 9.37 Å². The van der Waals surface area contributed by atoms with Gasteiger partial charge in [0.2, 0.25) is 0 Å². The molecule has 1 aromatic heterocycles. The van der Waals surface area contributed by atoms with Crippen molar-refractivity contribution in [2.24, 2.45) is 0 Å². The minimum absolute atomic E-state index is 0.0848. The van der Waals surface area contributed by atoms with Crippen LogP contribution in [0.4, 0.5) is 4.39 Å². The Bertz CT molecular complexity index is 557. The first-order valence-electron chi connectivity index (χ1n) is 5.26. The first kappa shape index (κ1) is 12.5. The summed E-state index contributed by atoms with van der Waals surface area (Å²) < 4.78 is 13.0. The molecule has 0 aliphatic carbocycles. The Labute approximate surface area is 107 Å². The van der Waals surface area contributed by atoms with E-state index >= 15 is 0 Å². The largest absolute Gasteiger partial charge is 0.507 e. The maximum absolute atomic E-state index is 13.0. The molecule has 2 aromatic rings. The minimum atomic E-state index is -0.570. The van der Waals surface area contributed by atoms with E-state index in [4.69, 9.17) is 0 Å². The lowest BCUT2D eigenvalue weighted by molar-refractivity contribution is 0.0936. The number of amides is 1. The molecule has 0 aliphatic heterocycles. The summed E-state index contributed by atoms with van der Waals surface area (Å²) in [6.45, 7) is 1.77. The van der Waals surface area contributed by atoms with Crippen molar-refractivity contribution >= 4 is 17.2 Å². The van der Waals surface area contributed by atoms with Crippen LogP contribution in [-0.2, 0) is 0 Å². The lowest BCUT2D eigenvalue weighted by Gasteiger charge is -2.12. The van der Waals surface area contributed by atoms with Gasteiger partial charge in [0.05, 0.1) is 11.6 Å². The maximum atomic E-state index is 13.0. The fourth-order valence-electron chi connectivity index (χ4n) is 1.47. The number of nitrogens with one attached hydrogen (secondary N) is 1. The van der Waals surface area contributed by atoms with E-state index in [0.717, 1.165) is 23.2 Å². The van der Waals surface area contributed by atoms with Crippen LogP contribution in [0.1, 0.15) is 28.3 Å². The number of nitrogens with zero attached hydrogens (tertiary/aromatic N) is 1. The van der Waals surface area contributed by atoms with Crippen LogP contribution >= 0.6 is 11.3 Å². The Morgan fingerprint density at radius 3 is 3.00 bits per heavy atom. The molecule has 1 atom stereocenters. The van der Waals surface area contributed by atoms with Gasteiger partial charge in [0, 0.05) is 11.6 Å². The van der Waals surface area contributed by atoms with Gasteiger partial charge in [-0.3, -0.25) is 4.79 Å². The molecule has 1 unspecified atom stereocenters. The average Bonchev–Trinajstić information content (AvgIpc) is 2.85. The van der Waals surface area contributed by atoms with Crippen molar-refractivity contribution in [3.05, 3.63) is 46.2 Å². The van der Waals surface area contributed by atoms with Crippen LogP contribution in [0.3, 0.4) is 0 Å². The number of hydrogen-bond donors (Lipinski definition) is 2. The van der Waals surface area contributed by atoms with Gasteiger partial charge in [-0.05, 0) is 25.1 Å². The number of phenols is 1. The van der Waals surface area contributed by atoms with Gasteiger partial charge >= 0.3 is 0 Å². The molecule has 0 saturated carbocycles. The summed E-state index contributed by atoms with van der Waals surface area (Å²) in [6.07, 6.45) is 1.64. The summed E-state index contributed by atoms with van der Waals surface area (Å²) in [4.78, 5) is 15.9. The van der Waals surface area contributed by atoms with Gasteiger partial charge in [0.15, 0.2) is 0 Å². The normalized spacial score (nSPS) is 12.1. The molecule has 0 radical (unpaired) electrons. The number of aromatic hydroxyl groups is 1. The van der Waals surface area contributed by atoms with E-state index < -0.39 is 11.7 Å². The summed E-state index contributed by atoms with van der Waals surface area (Å²) in [5.74, 6) is -1.35. The summed E-state index contributed by atoms with van der Waals surface area (Å²) in [6, 6.07) is 2.95. The minimum Gasteiger partial charge on any atom is -0.507 e. The number of thiazole rings is 1. The summed E-state index contributed by atoms with van der Waals surface area (Å²) in [5.41, 5.74) is -0.0848. The fourth-order valence-corrected chi connectivity index (χ4v) is 2.12. The second kappa shape index (κ2) is 5.14. The predicted molar refractivity (Wildman–Crippen MR) is 66.1 cm³/mol. The molecule has 6 heteroatoms. The van der Waals surface area contributed by atoms with Crippen molar-refractivity contribution in [3.63, 3.8) is 0 Å². The van der Waals surface area contributed by atoms with E-state index in [9.17, 15) is 14.3 Å². The van der Waals surface area contributed by atoms with Gasteiger partial charge in [0.1, 0.15) is 16.6 Å². The van der Waals surface area contributed by atoms with Crippen LogP contribution in [0, 0.1) is 5.82 Å². The van der Waals surface area contributed by atoms with E-state index in [-0.39, 0.29) is 17.4 Å². The summed E-state index contributed by atoms with van der Waals surface area (Å²) >= 11 is 1.41. The third-order valence-electron chi connectivity index (χ3n) is 2.37. The molecule has 2 rings (SSSR count). The van der Waals surface area contributed by atoms with Crippen LogP contribution in [0.25, 0.3) is 0 Å². The first-order chi connectivity index (χ1) is 8.58. The number of halogens is 1. The standard InChI is InChI=1S/C12H11FN2O2S/c1-7(12-14-4-5-18-12)15-11(17)9-6-8(13)2-3-10(9)16/h2-7,16H,1H3,(H,15,17). The van der Waals surface area contributed by atoms with Crippen LogP contribution in [-0.4, -0.2) is 16.0 Å².